The molecular weight excluding hydrogens is 268 g/mol. The number of likely N-dealkylation sites (tertiary alicyclic amines) is 1. The Morgan fingerprint density at radius 1 is 1.29 bits per heavy atom. The highest BCUT2D eigenvalue weighted by Gasteiger charge is 2.23. The number of amides is 1. The lowest BCUT2D eigenvalue weighted by atomic mass is 10.1. The van der Waals surface area contributed by atoms with Gasteiger partial charge in [0.1, 0.15) is 12.7 Å². The van der Waals surface area contributed by atoms with E-state index < -0.39 is 0 Å². The van der Waals surface area contributed by atoms with E-state index in [9.17, 15) is 4.79 Å². The van der Waals surface area contributed by atoms with E-state index in [0.29, 0.717) is 18.4 Å². The number of hydrogen-bond acceptors (Lipinski definition) is 5. The topological polar surface area (TPSA) is 66.3 Å². The van der Waals surface area contributed by atoms with E-state index in [1.54, 1.807) is 12.7 Å². The molecule has 1 N–H and O–H groups in total. The maximum absolute atomic E-state index is 12.2. The van der Waals surface area contributed by atoms with E-state index in [4.69, 9.17) is 0 Å². The van der Waals surface area contributed by atoms with Crippen molar-refractivity contribution >= 4 is 5.91 Å². The summed E-state index contributed by atoms with van der Waals surface area (Å²) in [5.74, 6) is 0.291. The van der Waals surface area contributed by atoms with Gasteiger partial charge >= 0.3 is 0 Å². The summed E-state index contributed by atoms with van der Waals surface area (Å²) in [4.78, 5) is 20.6. The molecule has 1 unspecified atom stereocenters. The van der Waals surface area contributed by atoms with Crippen molar-refractivity contribution in [2.45, 2.75) is 25.3 Å². The van der Waals surface area contributed by atoms with Gasteiger partial charge in [-0.15, -0.1) is 0 Å². The minimum Gasteiger partial charge on any atom is -0.340 e. The third-order valence-electron chi connectivity index (χ3n) is 4.40. The van der Waals surface area contributed by atoms with E-state index in [0.717, 1.165) is 58.7 Å². The summed E-state index contributed by atoms with van der Waals surface area (Å²) in [6.07, 6.45) is 6.31. The van der Waals surface area contributed by atoms with E-state index >= 15 is 0 Å². The van der Waals surface area contributed by atoms with E-state index in [2.05, 4.69) is 20.3 Å². The van der Waals surface area contributed by atoms with Crippen LogP contribution in [0.3, 0.4) is 0 Å². The SMILES string of the molecule is O=C(CCN1CCCC(n2cncn2)C1)N1CCNCC1. The zero-order valence-electron chi connectivity index (χ0n) is 12.4. The lowest BCUT2D eigenvalue weighted by Crippen LogP contribution is -2.47. The Kier molecular flexibility index (Phi) is 4.82. The van der Waals surface area contributed by atoms with Crippen LogP contribution in [0.25, 0.3) is 0 Å². The molecule has 0 saturated carbocycles. The molecule has 21 heavy (non-hydrogen) atoms. The first-order valence-electron chi connectivity index (χ1n) is 7.88. The van der Waals surface area contributed by atoms with Gasteiger partial charge in [0.05, 0.1) is 6.04 Å². The number of piperidine rings is 1. The van der Waals surface area contributed by atoms with E-state index in [1.165, 1.54) is 0 Å². The third kappa shape index (κ3) is 3.79. The average molecular weight is 292 g/mol. The third-order valence-corrected chi connectivity index (χ3v) is 4.40. The first-order valence-corrected chi connectivity index (χ1v) is 7.88. The fraction of sp³-hybridized carbons (Fsp3) is 0.786. The smallest absolute Gasteiger partial charge is 0.223 e. The molecule has 0 aromatic carbocycles. The van der Waals surface area contributed by atoms with Gasteiger partial charge in [0, 0.05) is 45.7 Å². The molecule has 2 aliphatic heterocycles. The van der Waals surface area contributed by atoms with Gasteiger partial charge in [0.25, 0.3) is 0 Å². The van der Waals surface area contributed by atoms with Crippen molar-refractivity contribution in [3.8, 4) is 0 Å². The molecule has 0 aliphatic carbocycles. The Bertz CT molecular complexity index is 442. The fourth-order valence-electron chi connectivity index (χ4n) is 3.18. The van der Waals surface area contributed by atoms with Gasteiger partial charge in [-0.25, -0.2) is 9.67 Å². The van der Waals surface area contributed by atoms with E-state index in [-0.39, 0.29) is 0 Å². The van der Waals surface area contributed by atoms with Crippen LogP contribution in [0.2, 0.25) is 0 Å². The lowest BCUT2D eigenvalue weighted by molar-refractivity contribution is -0.132. The van der Waals surface area contributed by atoms with Crippen LogP contribution in [-0.2, 0) is 4.79 Å². The van der Waals surface area contributed by atoms with Gasteiger partial charge in [0.2, 0.25) is 5.91 Å². The maximum Gasteiger partial charge on any atom is 0.223 e. The van der Waals surface area contributed by atoms with Gasteiger partial charge in [-0.05, 0) is 19.4 Å². The quantitative estimate of drug-likeness (QED) is 0.828. The predicted octanol–water partition coefficient (Wildman–Crippen LogP) is -0.263. The Balaban J connectivity index is 1.45. The van der Waals surface area contributed by atoms with E-state index in [1.807, 2.05) is 9.58 Å². The number of carbonyl (C=O) groups excluding carboxylic acids is 1. The monoisotopic (exact) mass is 292 g/mol. The molecule has 0 spiro atoms. The lowest BCUT2D eigenvalue weighted by Gasteiger charge is -2.33. The van der Waals surface area contributed by atoms with Crippen molar-refractivity contribution in [3.05, 3.63) is 12.7 Å². The summed E-state index contributed by atoms with van der Waals surface area (Å²) in [6, 6.07) is 0.399. The molecule has 0 bridgehead atoms. The normalized spacial score (nSPS) is 24.2. The van der Waals surface area contributed by atoms with Crippen LogP contribution in [0.4, 0.5) is 0 Å². The minimum absolute atomic E-state index is 0.291. The summed E-state index contributed by atoms with van der Waals surface area (Å²) in [5, 5.41) is 7.52. The van der Waals surface area contributed by atoms with Crippen LogP contribution >= 0.6 is 0 Å². The zero-order valence-corrected chi connectivity index (χ0v) is 12.4. The van der Waals surface area contributed by atoms with Crippen LogP contribution in [-0.4, -0.2) is 76.3 Å². The highest BCUT2D eigenvalue weighted by molar-refractivity contribution is 5.76. The first-order chi connectivity index (χ1) is 10.3. The van der Waals surface area contributed by atoms with Crippen molar-refractivity contribution in [3.63, 3.8) is 0 Å². The molecule has 3 heterocycles. The summed E-state index contributed by atoms with van der Waals surface area (Å²) < 4.78 is 1.95. The Labute approximate surface area is 125 Å². The molecule has 1 aromatic rings. The van der Waals surface area contributed by atoms with Crippen molar-refractivity contribution in [1.29, 1.82) is 0 Å². The van der Waals surface area contributed by atoms with Crippen LogP contribution in [0.15, 0.2) is 12.7 Å². The standard InChI is InChI=1S/C14H24N6O/c21-14(19-8-4-15-5-9-19)3-7-18-6-1-2-13(10-18)20-12-16-11-17-20/h11-13,15H,1-10H2. The maximum atomic E-state index is 12.2. The van der Waals surface area contributed by atoms with Crippen LogP contribution < -0.4 is 5.32 Å². The molecule has 1 amide bonds. The fourth-order valence-corrected chi connectivity index (χ4v) is 3.18. The second kappa shape index (κ2) is 7.00. The second-order valence-corrected chi connectivity index (χ2v) is 5.85. The second-order valence-electron chi connectivity index (χ2n) is 5.85. The average Bonchev–Trinajstić information content (AvgIpc) is 3.08. The summed E-state index contributed by atoms with van der Waals surface area (Å²) in [5.41, 5.74) is 0. The predicted molar refractivity (Wildman–Crippen MR) is 78.8 cm³/mol. The molecule has 2 fully saturated rings. The van der Waals surface area contributed by atoms with Crippen molar-refractivity contribution in [2.24, 2.45) is 0 Å². The highest BCUT2D eigenvalue weighted by Crippen LogP contribution is 2.20. The largest absolute Gasteiger partial charge is 0.340 e. The molecule has 116 valence electrons. The number of nitrogens with zero attached hydrogens (tertiary/aromatic N) is 5. The number of nitrogens with one attached hydrogen (secondary N) is 1. The summed E-state index contributed by atoms with van der Waals surface area (Å²) >= 11 is 0. The van der Waals surface area contributed by atoms with Gasteiger partial charge in [0.15, 0.2) is 0 Å². The summed E-state index contributed by atoms with van der Waals surface area (Å²) in [6.45, 7) is 6.45. The zero-order chi connectivity index (χ0) is 14.5. The Hall–Kier alpha value is -1.47. The van der Waals surface area contributed by atoms with Crippen LogP contribution in [0.5, 0.6) is 0 Å². The van der Waals surface area contributed by atoms with Gasteiger partial charge < -0.3 is 15.1 Å². The Morgan fingerprint density at radius 2 is 2.14 bits per heavy atom. The van der Waals surface area contributed by atoms with Gasteiger partial charge in [-0.2, -0.15) is 5.10 Å². The van der Waals surface area contributed by atoms with Crippen LogP contribution in [0, 0.1) is 0 Å². The Morgan fingerprint density at radius 3 is 2.90 bits per heavy atom. The molecule has 2 saturated heterocycles. The molecule has 3 rings (SSSR count). The number of hydrogen-bond donors (Lipinski definition) is 1. The first kappa shape index (κ1) is 14.5. The molecule has 1 aromatic heterocycles. The molecule has 7 nitrogen and oxygen atoms in total. The summed E-state index contributed by atoms with van der Waals surface area (Å²) in [7, 11) is 0. The molecule has 0 radical (unpaired) electrons. The van der Waals surface area contributed by atoms with Crippen molar-refractivity contribution < 1.29 is 4.79 Å². The van der Waals surface area contributed by atoms with Crippen LogP contribution in [0.1, 0.15) is 25.3 Å². The highest BCUT2D eigenvalue weighted by atomic mass is 16.2. The number of carbonyl (C=O) groups is 1. The van der Waals surface area contributed by atoms with Crippen molar-refractivity contribution in [2.75, 3.05) is 45.8 Å². The minimum atomic E-state index is 0.291. The molecule has 7 heteroatoms. The molecule has 1 atom stereocenters. The van der Waals surface area contributed by atoms with Gasteiger partial charge in [-0.1, -0.05) is 0 Å². The number of piperazine rings is 1. The molecular formula is C14H24N6O. The number of rotatable bonds is 4. The van der Waals surface area contributed by atoms with Gasteiger partial charge in [-0.3, -0.25) is 4.79 Å². The van der Waals surface area contributed by atoms with Crippen molar-refractivity contribution in [1.82, 2.24) is 29.9 Å². The number of aromatic nitrogens is 3. The molecule has 2 aliphatic rings.